The summed E-state index contributed by atoms with van der Waals surface area (Å²) in [5.74, 6) is -1.29. The van der Waals surface area contributed by atoms with Crippen molar-refractivity contribution in [1.82, 2.24) is 0 Å². The lowest BCUT2D eigenvalue weighted by molar-refractivity contribution is 0.0230. The van der Waals surface area contributed by atoms with Gasteiger partial charge in [0.2, 0.25) is 0 Å². The monoisotopic (exact) mass is 536 g/mol. The summed E-state index contributed by atoms with van der Waals surface area (Å²) in [7, 11) is 0. The van der Waals surface area contributed by atoms with E-state index in [9.17, 15) is 4.39 Å². The van der Waals surface area contributed by atoms with E-state index in [1.807, 2.05) is 12.1 Å². The molecule has 0 spiro atoms. The van der Waals surface area contributed by atoms with Crippen molar-refractivity contribution in [3.63, 3.8) is 0 Å². The minimum absolute atomic E-state index is 0.0233. The summed E-state index contributed by atoms with van der Waals surface area (Å²) in [4.78, 5) is 0. The molecule has 208 valence electrons. The standard InChI is InChI=1S/C34H39F3O2/c1-3-5-21-38-28-16-13-26(14-17-28)31-20-19-30(33(36)34(31)37)25-10-7-24(8-11-25)9-12-27-15-18-29(23-32(27)35)39-22-6-4-2/h4,7-8,10-11,15,18-20,23,26,28H,2-3,5-6,9,12-14,16-17,21-22H2,1H3. The minimum Gasteiger partial charge on any atom is -0.493 e. The topological polar surface area (TPSA) is 18.5 Å². The summed E-state index contributed by atoms with van der Waals surface area (Å²) in [5.41, 5.74) is 2.97. The van der Waals surface area contributed by atoms with Gasteiger partial charge in [-0.2, -0.15) is 0 Å². The smallest absolute Gasteiger partial charge is 0.166 e. The van der Waals surface area contributed by atoms with E-state index in [-0.39, 0.29) is 23.4 Å². The van der Waals surface area contributed by atoms with Gasteiger partial charge < -0.3 is 9.47 Å². The molecule has 1 aliphatic carbocycles. The van der Waals surface area contributed by atoms with Crippen molar-refractivity contribution in [2.45, 2.75) is 76.7 Å². The van der Waals surface area contributed by atoms with Crippen LogP contribution in [-0.4, -0.2) is 19.3 Å². The maximum Gasteiger partial charge on any atom is 0.166 e. The number of ether oxygens (including phenoxy) is 2. The molecular formula is C34H39F3O2. The van der Waals surface area contributed by atoms with Gasteiger partial charge >= 0.3 is 0 Å². The Morgan fingerprint density at radius 3 is 2.33 bits per heavy atom. The second-order valence-electron chi connectivity index (χ2n) is 10.4. The summed E-state index contributed by atoms with van der Waals surface area (Å²) >= 11 is 0. The normalized spacial score (nSPS) is 17.2. The molecule has 0 atom stereocenters. The second-order valence-corrected chi connectivity index (χ2v) is 10.4. The number of benzene rings is 3. The van der Waals surface area contributed by atoms with Crippen LogP contribution in [0.15, 0.2) is 67.3 Å². The predicted octanol–water partition coefficient (Wildman–Crippen LogP) is 9.35. The Labute approximate surface area is 230 Å². The molecule has 0 amide bonds. The third kappa shape index (κ3) is 7.76. The van der Waals surface area contributed by atoms with Crippen LogP contribution in [0.5, 0.6) is 5.75 Å². The second kappa shape index (κ2) is 14.4. The highest BCUT2D eigenvalue weighted by molar-refractivity contribution is 5.65. The molecule has 0 aliphatic heterocycles. The Morgan fingerprint density at radius 1 is 0.872 bits per heavy atom. The first-order valence-corrected chi connectivity index (χ1v) is 14.2. The van der Waals surface area contributed by atoms with Crippen LogP contribution in [0.1, 0.15) is 74.5 Å². The average molecular weight is 537 g/mol. The van der Waals surface area contributed by atoms with Crippen molar-refractivity contribution >= 4 is 0 Å². The van der Waals surface area contributed by atoms with Gasteiger partial charge in [-0.3, -0.25) is 0 Å². The van der Waals surface area contributed by atoms with Crippen molar-refractivity contribution in [3.05, 3.63) is 101 Å². The first kappa shape index (κ1) is 28.9. The van der Waals surface area contributed by atoms with E-state index < -0.39 is 11.6 Å². The first-order valence-electron chi connectivity index (χ1n) is 14.2. The zero-order chi connectivity index (χ0) is 27.6. The first-order chi connectivity index (χ1) is 19.0. The Balaban J connectivity index is 1.35. The number of unbranched alkanes of at least 4 members (excludes halogenated alkanes) is 1. The summed E-state index contributed by atoms with van der Waals surface area (Å²) in [6.07, 6.45) is 9.42. The lowest BCUT2D eigenvalue weighted by Crippen LogP contribution is -2.22. The zero-order valence-electron chi connectivity index (χ0n) is 22.9. The van der Waals surface area contributed by atoms with E-state index in [0.29, 0.717) is 48.3 Å². The fourth-order valence-electron chi connectivity index (χ4n) is 5.25. The molecule has 0 unspecified atom stereocenters. The highest BCUT2D eigenvalue weighted by Crippen LogP contribution is 2.38. The molecule has 0 heterocycles. The Hall–Kier alpha value is -3.05. The lowest BCUT2D eigenvalue weighted by atomic mass is 9.82. The van der Waals surface area contributed by atoms with Crippen LogP contribution in [-0.2, 0) is 17.6 Å². The molecule has 0 N–H and O–H groups in total. The summed E-state index contributed by atoms with van der Waals surface area (Å²) < 4.78 is 56.3. The molecule has 3 aromatic rings. The van der Waals surface area contributed by atoms with Gasteiger partial charge in [0, 0.05) is 18.2 Å². The molecule has 4 rings (SSSR count). The van der Waals surface area contributed by atoms with Crippen LogP contribution in [0.25, 0.3) is 11.1 Å². The molecule has 1 saturated carbocycles. The molecule has 1 aliphatic rings. The highest BCUT2D eigenvalue weighted by atomic mass is 19.2. The fraction of sp³-hybridized carbons (Fsp3) is 0.412. The minimum atomic E-state index is -0.793. The van der Waals surface area contributed by atoms with Crippen molar-refractivity contribution in [3.8, 4) is 16.9 Å². The van der Waals surface area contributed by atoms with Crippen molar-refractivity contribution in [2.75, 3.05) is 13.2 Å². The van der Waals surface area contributed by atoms with Gasteiger partial charge in [-0.05, 0) is 85.6 Å². The predicted molar refractivity (Wildman–Crippen MR) is 152 cm³/mol. The number of aryl methyl sites for hydroxylation is 2. The molecule has 0 aromatic heterocycles. The molecule has 3 aromatic carbocycles. The average Bonchev–Trinajstić information content (AvgIpc) is 2.95. The molecular weight excluding hydrogens is 497 g/mol. The van der Waals surface area contributed by atoms with E-state index >= 15 is 8.78 Å². The molecule has 5 heteroatoms. The van der Waals surface area contributed by atoms with Gasteiger partial charge in [0.05, 0.1) is 12.7 Å². The molecule has 2 nitrogen and oxygen atoms in total. The van der Waals surface area contributed by atoms with Gasteiger partial charge in [-0.1, -0.05) is 61.9 Å². The molecule has 39 heavy (non-hydrogen) atoms. The third-order valence-electron chi connectivity index (χ3n) is 7.64. The van der Waals surface area contributed by atoms with Crippen LogP contribution in [0, 0.1) is 17.5 Å². The quantitative estimate of drug-likeness (QED) is 0.160. The Bertz CT molecular complexity index is 1210. The lowest BCUT2D eigenvalue weighted by Gasteiger charge is -2.29. The Morgan fingerprint density at radius 2 is 1.64 bits per heavy atom. The number of hydrogen-bond acceptors (Lipinski definition) is 2. The summed E-state index contributed by atoms with van der Waals surface area (Å²) in [5, 5.41) is 0. The SMILES string of the molecule is C=CCCOc1ccc(CCc2ccc(-c3ccc(C4CCC(OCCCC)CC4)c(F)c3F)cc2)c(F)c1. The van der Waals surface area contributed by atoms with Crippen LogP contribution < -0.4 is 4.74 Å². The largest absolute Gasteiger partial charge is 0.493 e. The van der Waals surface area contributed by atoms with Crippen molar-refractivity contribution < 1.29 is 22.6 Å². The van der Waals surface area contributed by atoms with E-state index in [4.69, 9.17) is 9.47 Å². The van der Waals surface area contributed by atoms with E-state index in [0.717, 1.165) is 50.7 Å². The van der Waals surface area contributed by atoms with E-state index in [2.05, 4.69) is 13.5 Å². The van der Waals surface area contributed by atoms with Gasteiger partial charge in [-0.25, -0.2) is 13.2 Å². The van der Waals surface area contributed by atoms with Crippen molar-refractivity contribution in [1.29, 1.82) is 0 Å². The number of hydrogen-bond donors (Lipinski definition) is 0. The summed E-state index contributed by atoms with van der Waals surface area (Å²) in [6, 6.07) is 15.8. The van der Waals surface area contributed by atoms with E-state index in [1.165, 1.54) is 6.07 Å². The highest BCUT2D eigenvalue weighted by Gasteiger charge is 2.27. The molecule has 0 bridgehead atoms. The van der Waals surface area contributed by atoms with Gasteiger partial charge in [0.1, 0.15) is 11.6 Å². The zero-order valence-corrected chi connectivity index (χ0v) is 22.9. The van der Waals surface area contributed by atoms with E-state index in [1.54, 1.807) is 42.5 Å². The summed E-state index contributed by atoms with van der Waals surface area (Å²) in [6.45, 7) is 7.03. The van der Waals surface area contributed by atoms with Crippen LogP contribution in [0.3, 0.4) is 0 Å². The number of halogens is 3. The fourth-order valence-corrected chi connectivity index (χ4v) is 5.25. The maximum atomic E-state index is 15.2. The van der Waals surface area contributed by atoms with Gasteiger partial charge in [-0.15, -0.1) is 6.58 Å². The van der Waals surface area contributed by atoms with Crippen molar-refractivity contribution in [2.24, 2.45) is 0 Å². The molecule has 1 fully saturated rings. The van der Waals surface area contributed by atoms with Gasteiger partial charge in [0.25, 0.3) is 0 Å². The van der Waals surface area contributed by atoms with Gasteiger partial charge in [0.15, 0.2) is 11.6 Å². The van der Waals surface area contributed by atoms with Crippen LogP contribution in [0.2, 0.25) is 0 Å². The molecule has 0 saturated heterocycles. The Kier molecular flexibility index (Phi) is 10.7. The van der Waals surface area contributed by atoms with Crippen LogP contribution >= 0.6 is 0 Å². The maximum absolute atomic E-state index is 15.2. The number of rotatable bonds is 13. The third-order valence-corrected chi connectivity index (χ3v) is 7.64. The van der Waals surface area contributed by atoms with Crippen LogP contribution in [0.4, 0.5) is 13.2 Å². The molecule has 0 radical (unpaired) electrons.